The normalized spacial score (nSPS) is 21.2. The van der Waals surface area contributed by atoms with Gasteiger partial charge < -0.3 is 24.4 Å². The van der Waals surface area contributed by atoms with Crippen molar-refractivity contribution in [1.82, 2.24) is 5.06 Å². The van der Waals surface area contributed by atoms with Gasteiger partial charge >= 0.3 is 19.5 Å². The standard InChI is InChI=1S/C16H28NO10P/c1-15(2,13(20)21)5-7-26-28(25,10-9-11(18)17(24)12(10)19)27-8-6-16(3,4)14(22)23/h10-11,18,24H,5-9H2,1-4H3,(H,20,21)(H,22,23). The molecule has 1 aliphatic rings. The first-order valence-corrected chi connectivity index (χ1v) is 10.3. The maximum Gasteiger partial charge on any atom is 0.343 e. The SMILES string of the molecule is CC(C)(CCOP(=O)(OCCC(C)(C)C(=O)O)C1CC(O)N(O)C1=O)C(=O)O. The molecule has 12 heteroatoms. The molecule has 0 aliphatic carbocycles. The summed E-state index contributed by atoms with van der Waals surface area (Å²) < 4.78 is 23.8. The number of aliphatic carboxylic acids is 2. The molecular weight excluding hydrogens is 397 g/mol. The second-order valence-corrected chi connectivity index (χ2v) is 10.2. The van der Waals surface area contributed by atoms with Gasteiger partial charge in [-0.1, -0.05) is 0 Å². The van der Waals surface area contributed by atoms with Crippen LogP contribution in [0.1, 0.15) is 47.0 Å². The minimum atomic E-state index is -4.23. The van der Waals surface area contributed by atoms with E-state index in [0.29, 0.717) is 0 Å². The molecule has 1 heterocycles. The molecule has 1 rings (SSSR count). The molecular formula is C16H28NO10P. The van der Waals surface area contributed by atoms with E-state index in [0.717, 1.165) is 0 Å². The zero-order chi connectivity index (χ0) is 21.9. The third-order valence-electron chi connectivity index (χ3n) is 4.76. The van der Waals surface area contributed by atoms with Crippen LogP contribution in [0, 0.1) is 10.8 Å². The molecule has 0 aromatic rings. The monoisotopic (exact) mass is 425 g/mol. The molecule has 28 heavy (non-hydrogen) atoms. The first kappa shape index (κ1) is 24.5. The lowest BCUT2D eigenvalue weighted by atomic mass is 9.90. The van der Waals surface area contributed by atoms with Crippen molar-refractivity contribution < 1.29 is 48.5 Å². The van der Waals surface area contributed by atoms with Crippen molar-refractivity contribution in [2.24, 2.45) is 10.8 Å². The average Bonchev–Trinajstić information content (AvgIpc) is 2.82. The second kappa shape index (κ2) is 8.87. The molecule has 0 spiro atoms. The fraction of sp³-hybridized carbons (Fsp3) is 0.812. The molecule has 0 saturated carbocycles. The summed E-state index contributed by atoms with van der Waals surface area (Å²) in [5.41, 5.74) is -3.84. The van der Waals surface area contributed by atoms with Crippen molar-refractivity contribution in [1.29, 1.82) is 0 Å². The Kier molecular flexibility index (Phi) is 7.77. The minimum Gasteiger partial charge on any atom is -0.481 e. The number of carboxylic acid groups (broad SMARTS) is 2. The second-order valence-electron chi connectivity index (χ2n) is 8.00. The first-order valence-electron chi connectivity index (χ1n) is 8.70. The number of hydrogen-bond acceptors (Lipinski definition) is 8. The number of amides is 1. The van der Waals surface area contributed by atoms with Gasteiger partial charge in [-0.05, 0) is 40.5 Å². The van der Waals surface area contributed by atoms with E-state index in [4.69, 9.17) is 19.3 Å². The average molecular weight is 425 g/mol. The van der Waals surface area contributed by atoms with Crippen LogP contribution >= 0.6 is 7.60 Å². The van der Waals surface area contributed by atoms with E-state index >= 15 is 0 Å². The quantitative estimate of drug-likeness (QED) is 0.281. The van der Waals surface area contributed by atoms with Gasteiger partial charge in [-0.25, -0.2) is 0 Å². The van der Waals surface area contributed by atoms with Crippen LogP contribution in [-0.2, 0) is 28.0 Å². The van der Waals surface area contributed by atoms with Crippen LogP contribution in [0.25, 0.3) is 0 Å². The van der Waals surface area contributed by atoms with Gasteiger partial charge in [0.1, 0.15) is 5.66 Å². The van der Waals surface area contributed by atoms with Crippen molar-refractivity contribution in [3.63, 3.8) is 0 Å². The Morgan fingerprint density at radius 3 is 1.75 bits per heavy atom. The molecule has 11 nitrogen and oxygen atoms in total. The zero-order valence-electron chi connectivity index (χ0n) is 16.3. The highest BCUT2D eigenvalue weighted by Crippen LogP contribution is 2.57. The van der Waals surface area contributed by atoms with Crippen molar-refractivity contribution in [2.75, 3.05) is 13.2 Å². The van der Waals surface area contributed by atoms with Crippen LogP contribution < -0.4 is 0 Å². The predicted octanol–water partition coefficient (Wildman–Crippen LogP) is 1.52. The van der Waals surface area contributed by atoms with Crippen molar-refractivity contribution in [3.05, 3.63) is 0 Å². The number of carbonyl (C=O) groups is 3. The van der Waals surface area contributed by atoms with E-state index < -0.39 is 54.6 Å². The van der Waals surface area contributed by atoms with Crippen LogP contribution in [0.5, 0.6) is 0 Å². The van der Waals surface area contributed by atoms with Crippen molar-refractivity contribution >= 4 is 25.4 Å². The van der Waals surface area contributed by atoms with Gasteiger partial charge in [0, 0.05) is 6.42 Å². The third kappa shape index (κ3) is 5.74. The molecule has 1 fully saturated rings. The number of hydrogen-bond donors (Lipinski definition) is 4. The van der Waals surface area contributed by atoms with Crippen LogP contribution in [0.15, 0.2) is 0 Å². The summed E-state index contributed by atoms with van der Waals surface area (Å²) >= 11 is 0. The molecule has 1 aliphatic heterocycles. The van der Waals surface area contributed by atoms with Gasteiger partial charge in [0.2, 0.25) is 0 Å². The van der Waals surface area contributed by atoms with E-state index in [1.54, 1.807) is 0 Å². The molecule has 1 amide bonds. The number of nitrogens with zero attached hydrogens (tertiary/aromatic N) is 1. The van der Waals surface area contributed by atoms with E-state index in [2.05, 4.69) is 0 Å². The topological polar surface area (TPSA) is 171 Å². The first-order chi connectivity index (χ1) is 12.6. The number of hydroxylamine groups is 2. The zero-order valence-corrected chi connectivity index (χ0v) is 17.2. The smallest absolute Gasteiger partial charge is 0.343 e. The van der Waals surface area contributed by atoms with E-state index in [1.165, 1.54) is 27.7 Å². The Bertz CT molecular complexity index is 626. The lowest BCUT2D eigenvalue weighted by Crippen LogP contribution is -2.32. The minimum absolute atomic E-state index is 0.0341. The third-order valence-corrected chi connectivity index (χ3v) is 7.04. The van der Waals surface area contributed by atoms with Gasteiger partial charge in [0.25, 0.3) is 5.91 Å². The Balaban J connectivity index is 2.91. The maximum atomic E-state index is 13.2. The fourth-order valence-electron chi connectivity index (χ4n) is 2.25. The Hall–Kier alpha value is -1.52. The molecule has 2 unspecified atom stereocenters. The number of rotatable bonds is 11. The largest absolute Gasteiger partial charge is 0.481 e. The van der Waals surface area contributed by atoms with E-state index in [1.807, 2.05) is 0 Å². The highest BCUT2D eigenvalue weighted by Gasteiger charge is 2.51. The molecule has 0 aromatic heterocycles. The summed E-state index contributed by atoms with van der Waals surface area (Å²) in [4.78, 5) is 34.5. The Morgan fingerprint density at radius 2 is 1.46 bits per heavy atom. The van der Waals surface area contributed by atoms with Gasteiger partial charge in [0.15, 0.2) is 6.23 Å². The number of carboxylic acids is 2. The summed E-state index contributed by atoms with van der Waals surface area (Å²) in [5.74, 6) is -3.24. The molecule has 0 aromatic carbocycles. The summed E-state index contributed by atoms with van der Waals surface area (Å²) in [6.07, 6.45) is -2.06. The van der Waals surface area contributed by atoms with Crippen molar-refractivity contribution in [2.45, 2.75) is 58.8 Å². The summed E-state index contributed by atoms with van der Waals surface area (Å²) in [6, 6.07) is 0. The molecule has 0 radical (unpaired) electrons. The lowest BCUT2D eigenvalue weighted by Gasteiger charge is -2.26. The maximum absolute atomic E-state index is 13.2. The highest BCUT2D eigenvalue weighted by molar-refractivity contribution is 7.55. The van der Waals surface area contributed by atoms with Crippen LogP contribution in [0.4, 0.5) is 0 Å². The highest BCUT2D eigenvalue weighted by atomic mass is 31.2. The number of aliphatic hydroxyl groups excluding tert-OH is 1. The number of aliphatic hydroxyl groups is 1. The van der Waals surface area contributed by atoms with Crippen molar-refractivity contribution in [3.8, 4) is 0 Å². The van der Waals surface area contributed by atoms with Crippen LogP contribution in [0.2, 0.25) is 0 Å². The van der Waals surface area contributed by atoms with Gasteiger partial charge in [0.05, 0.1) is 24.0 Å². The predicted molar refractivity (Wildman–Crippen MR) is 94.6 cm³/mol. The summed E-state index contributed by atoms with van der Waals surface area (Å²) in [5, 5.41) is 37.4. The summed E-state index contributed by atoms with van der Waals surface area (Å²) in [6.45, 7) is 5.15. The van der Waals surface area contributed by atoms with Gasteiger partial charge in [-0.2, -0.15) is 5.06 Å². The van der Waals surface area contributed by atoms with Crippen LogP contribution in [0.3, 0.4) is 0 Å². The Morgan fingerprint density at radius 1 is 1.07 bits per heavy atom. The van der Waals surface area contributed by atoms with Gasteiger partial charge in [-0.15, -0.1) is 0 Å². The van der Waals surface area contributed by atoms with Crippen LogP contribution in [-0.4, -0.2) is 68.5 Å². The molecule has 2 atom stereocenters. The Labute approximate surface area is 162 Å². The molecule has 1 saturated heterocycles. The number of carbonyl (C=O) groups excluding carboxylic acids is 1. The fourth-order valence-corrected chi connectivity index (χ4v) is 4.21. The van der Waals surface area contributed by atoms with E-state index in [9.17, 15) is 29.3 Å². The molecule has 162 valence electrons. The van der Waals surface area contributed by atoms with Gasteiger partial charge in [-0.3, -0.25) is 24.2 Å². The molecule has 0 bridgehead atoms. The van der Waals surface area contributed by atoms with E-state index in [-0.39, 0.29) is 31.1 Å². The lowest BCUT2D eigenvalue weighted by molar-refractivity contribution is -0.189. The molecule has 4 N–H and O–H groups in total. The summed E-state index contributed by atoms with van der Waals surface area (Å²) in [7, 11) is -4.23.